The van der Waals surface area contributed by atoms with Crippen LogP contribution in [0.3, 0.4) is 0 Å². The van der Waals surface area contributed by atoms with Gasteiger partial charge in [-0.1, -0.05) is 121 Å². The van der Waals surface area contributed by atoms with E-state index >= 15 is 0 Å². The highest BCUT2D eigenvalue weighted by atomic mass is 15.0. The molecule has 40 heavy (non-hydrogen) atoms. The van der Waals surface area contributed by atoms with Crippen molar-refractivity contribution in [3.05, 3.63) is 151 Å². The first kappa shape index (κ1) is 24.0. The van der Waals surface area contributed by atoms with Crippen LogP contribution in [-0.4, -0.2) is 9.13 Å². The minimum Gasteiger partial charge on any atom is -0.343 e. The van der Waals surface area contributed by atoms with Gasteiger partial charge in [0.05, 0.1) is 16.6 Å². The van der Waals surface area contributed by atoms with E-state index in [1.54, 1.807) is 0 Å². The molecule has 2 heterocycles. The zero-order chi connectivity index (χ0) is 27.1. The van der Waals surface area contributed by atoms with Gasteiger partial charge in [-0.25, -0.2) is 0 Å². The Hall–Kier alpha value is -5.08. The molecule has 0 aliphatic carbocycles. The number of rotatable bonds is 2. The molecule has 2 heteroatoms. The molecule has 0 fully saturated rings. The fraction of sp³-hybridized carbons (Fsp3) is 0.0526. The molecule has 0 unspecified atom stereocenters. The topological polar surface area (TPSA) is 9.86 Å². The highest BCUT2D eigenvalue weighted by molar-refractivity contribution is 6.12. The maximum Gasteiger partial charge on any atom is 0.0568 e. The molecule has 0 amide bonds. The lowest BCUT2D eigenvalue weighted by Gasteiger charge is -2.10. The predicted octanol–water partition coefficient (Wildman–Crippen LogP) is 10.1. The summed E-state index contributed by atoms with van der Waals surface area (Å²) < 4.78 is 4.66. The van der Waals surface area contributed by atoms with Crippen LogP contribution in [0.2, 0.25) is 0 Å². The average Bonchev–Trinajstić information content (AvgIpc) is 3.51. The van der Waals surface area contributed by atoms with Gasteiger partial charge < -0.3 is 9.13 Å². The molecule has 0 radical (unpaired) electrons. The summed E-state index contributed by atoms with van der Waals surface area (Å²) in [5.41, 5.74) is 10.2. The Bertz CT molecular complexity index is 2070. The van der Waals surface area contributed by atoms with Crippen molar-refractivity contribution in [1.29, 1.82) is 0 Å². The fourth-order valence-corrected chi connectivity index (χ4v) is 6.08. The van der Waals surface area contributed by atoms with E-state index in [1.807, 2.05) is 0 Å². The molecule has 2 aromatic heterocycles. The summed E-state index contributed by atoms with van der Waals surface area (Å²) in [7, 11) is 2.15. The van der Waals surface area contributed by atoms with Crippen molar-refractivity contribution in [2.45, 2.75) is 6.92 Å². The van der Waals surface area contributed by atoms with E-state index in [2.05, 4.69) is 169 Å². The van der Waals surface area contributed by atoms with Crippen molar-refractivity contribution < 1.29 is 0 Å². The van der Waals surface area contributed by atoms with Crippen molar-refractivity contribution in [2.75, 3.05) is 0 Å². The molecular weight excluding hydrogens is 484 g/mol. The van der Waals surface area contributed by atoms with Crippen LogP contribution >= 0.6 is 0 Å². The third kappa shape index (κ3) is 3.88. The van der Waals surface area contributed by atoms with Crippen molar-refractivity contribution in [3.8, 4) is 16.8 Å². The molecule has 0 N–H and O–H groups in total. The average molecular weight is 515 g/mol. The zero-order valence-corrected chi connectivity index (χ0v) is 22.8. The highest BCUT2D eigenvalue weighted by Gasteiger charge is 2.13. The van der Waals surface area contributed by atoms with E-state index < -0.39 is 0 Å². The highest BCUT2D eigenvalue weighted by Crippen LogP contribution is 2.35. The first-order valence-corrected chi connectivity index (χ1v) is 13.8. The van der Waals surface area contributed by atoms with Crippen LogP contribution in [0.25, 0.3) is 60.4 Å². The van der Waals surface area contributed by atoms with Gasteiger partial charge in [0.1, 0.15) is 0 Å². The number of fused-ring (bicyclic) bond motifs is 6. The summed E-state index contributed by atoms with van der Waals surface area (Å²) in [5.74, 6) is 0. The molecule has 2 nitrogen and oxygen atoms in total. The predicted molar refractivity (Wildman–Crippen MR) is 171 cm³/mol. The molecule has 0 saturated heterocycles. The van der Waals surface area contributed by atoms with Crippen LogP contribution in [0, 0.1) is 6.92 Å². The largest absolute Gasteiger partial charge is 0.343 e. The van der Waals surface area contributed by atoms with Gasteiger partial charge in [-0.3, -0.25) is 0 Å². The summed E-state index contributed by atoms with van der Waals surface area (Å²) in [6.45, 7) is 2.17. The quantitative estimate of drug-likeness (QED) is 0.217. The van der Waals surface area contributed by atoms with Crippen LogP contribution in [0.4, 0.5) is 0 Å². The van der Waals surface area contributed by atoms with Gasteiger partial charge in [0.2, 0.25) is 0 Å². The van der Waals surface area contributed by atoms with Crippen molar-refractivity contribution in [3.63, 3.8) is 0 Å². The van der Waals surface area contributed by atoms with E-state index in [4.69, 9.17) is 0 Å². The number of aryl methyl sites for hydroxylation is 2. The summed E-state index contributed by atoms with van der Waals surface area (Å²) in [4.78, 5) is 0. The molecule has 8 rings (SSSR count). The van der Waals surface area contributed by atoms with Crippen LogP contribution in [-0.2, 0) is 7.05 Å². The molecule has 6 aromatic carbocycles. The van der Waals surface area contributed by atoms with Gasteiger partial charge in [-0.2, -0.15) is 0 Å². The van der Waals surface area contributed by atoms with Gasteiger partial charge in [-0.05, 0) is 42.3 Å². The van der Waals surface area contributed by atoms with Crippen LogP contribution < -0.4 is 0 Å². The zero-order valence-electron chi connectivity index (χ0n) is 22.8. The van der Waals surface area contributed by atoms with E-state index in [-0.39, 0.29) is 0 Å². The Morgan fingerprint density at radius 1 is 0.425 bits per heavy atom. The van der Waals surface area contributed by atoms with E-state index in [9.17, 15) is 0 Å². The van der Waals surface area contributed by atoms with E-state index in [0.29, 0.717) is 0 Å². The summed E-state index contributed by atoms with van der Waals surface area (Å²) in [6.07, 6.45) is 0. The van der Waals surface area contributed by atoms with Crippen molar-refractivity contribution in [2.24, 2.45) is 7.05 Å². The second-order valence-electron chi connectivity index (χ2n) is 10.3. The second kappa shape index (κ2) is 9.91. The fourth-order valence-electron chi connectivity index (χ4n) is 6.08. The standard InChI is InChI=1S/2C19H15N/c1-14-8-2-5-11-17(14)20-18-12-6-3-9-15(18)16-10-4-7-13-19(16)20;1-20-18-13-6-5-10-16(18)17-12-7-11-15(19(17)20)14-8-3-2-4-9-14/h2*2-13H,1H3. The molecule has 8 aromatic rings. The third-order valence-corrected chi connectivity index (χ3v) is 7.95. The SMILES string of the molecule is Cc1ccccc1-n1c2ccccc2c2ccccc21.Cn1c2ccccc2c2cccc(-c3ccccc3)c21. The Morgan fingerprint density at radius 2 is 0.925 bits per heavy atom. The Morgan fingerprint density at radius 3 is 1.57 bits per heavy atom. The monoisotopic (exact) mass is 514 g/mol. The molecule has 0 aliphatic rings. The van der Waals surface area contributed by atoms with Gasteiger partial charge in [0.15, 0.2) is 0 Å². The van der Waals surface area contributed by atoms with Gasteiger partial charge in [-0.15, -0.1) is 0 Å². The lowest BCUT2D eigenvalue weighted by Crippen LogP contribution is -1.96. The third-order valence-electron chi connectivity index (χ3n) is 7.95. The Labute approximate surface area is 234 Å². The van der Waals surface area contributed by atoms with Gasteiger partial charge in [0, 0.05) is 45.4 Å². The van der Waals surface area contributed by atoms with Gasteiger partial charge in [0.25, 0.3) is 0 Å². The van der Waals surface area contributed by atoms with Crippen molar-refractivity contribution in [1.82, 2.24) is 9.13 Å². The Balaban J connectivity index is 0.000000132. The maximum absolute atomic E-state index is 2.36. The van der Waals surface area contributed by atoms with Crippen LogP contribution in [0.5, 0.6) is 0 Å². The first-order valence-electron chi connectivity index (χ1n) is 13.8. The van der Waals surface area contributed by atoms with Gasteiger partial charge >= 0.3 is 0 Å². The first-order chi connectivity index (χ1) is 19.7. The minimum atomic E-state index is 1.25. The summed E-state index contributed by atoms with van der Waals surface area (Å²) in [5, 5.41) is 5.27. The molecular formula is C38H30N2. The number of hydrogen-bond donors (Lipinski definition) is 0. The number of hydrogen-bond acceptors (Lipinski definition) is 0. The van der Waals surface area contributed by atoms with E-state index in [1.165, 1.54) is 66.0 Å². The molecule has 0 atom stereocenters. The maximum atomic E-state index is 2.36. The van der Waals surface area contributed by atoms with Crippen LogP contribution in [0.1, 0.15) is 5.56 Å². The van der Waals surface area contributed by atoms with Crippen molar-refractivity contribution >= 4 is 43.6 Å². The van der Waals surface area contributed by atoms with E-state index in [0.717, 1.165) is 0 Å². The smallest absolute Gasteiger partial charge is 0.0568 e. The number of benzene rings is 6. The molecule has 192 valence electrons. The summed E-state index contributed by atoms with van der Waals surface area (Å²) in [6, 6.07) is 51.5. The van der Waals surface area contributed by atoms with Crippen LogP contribution in [0.15, 0.2) is 146 Å². The normalized spacial score (nSPS) is 11.2. The molecule has 0 bridgehead atoms. The number of nitrogens with zero attached hydrogens (tertiary/aromatic N) is 2. The molecule has 0 spiro atoms. The molecule has 0 saturated carbocycles. The second-order valence-corrected chi connectivity index (χ2v) is 10.3. The lowest BCUT2D eigenvalue weighted by atomic mass is 10.0. The Kier molecular flexibility index (Phi) is 5.94. The molecule has 0 aliphatic heterocycles. The lowest BCUT2D eigenvalue weighted by molar-refractivity contribution is 1.02. The number of para-hydroxylation sites is 5. The minimum absolute atomic E-state index is 1.25. The number of aromatic nitrogens is 2. The summed E-state index contributed by atoms with van der Waals surface area (Å²) >= 11 is 0.